The van der Waals surface area contributed by atoms with Crippen molar-refractivity contribution in [2.45, 2.75) is 19.8 Å². The van der Waals surface area contributed by atoms with Crippen molar-refractivity contribution < 1.29 is 4.74 Å². The first-order valence-electron chi connectivity index (χ1n) is 5.58. The van der Waals surface area contributed by atoms with E-state index in [9.17, 15) is 0 Å². The number of nitrogens with one attached hydrogen (secondary N) is 2. The van der Waals surface area contributed by atoms with Crippen molar-refractivity contribution in [2.75, 3.05) is 7.11 Å². The second kappa shape index (κ2) is 4.75. The van der Waals surface area contributed by atoms with Gasteiger partial charge in [0.1, 0.15) is 5.75 Å². The summed E-state index contributed by atoms with van der Waals surface area (Å²) in [6.45, 7) is 4.33. The molecule has 0 saturated heterocycles. The first-order valence-corrected chi connectivity index (χ1v) is 5.98. The molecular formula is C13H16N2OS. The van der Waals surface area contributed by atoms with E-state index in [4.69, 9.17) is 17.0 Å². The molecular weight excluding hydrogens is 232 g/mol. The van der Waals surface area contributed by atoms with Crippen LogP contribution >= 0.6 is 12.2 Å². The average molecular weight is 248 g/mol. The smallest absolute Gasteiger partial charge is 0.174 e. The van der Waals surface area contributed by atoms with E-state index >= 15 is 0 Å². The van der Waals surface area contributed by atoms with E-state index in [2.05, 4.69) is 42.0 Å². The van der Waals surface area contributed by atoms with E-state index in [0.29, 0.717) is 10.7 Å². The molecule has 0 unspecified atom stereocenters. The Bertz CT molecular complexity index is 569. The van der Waals surface area contributed by atoms with Crippen molar-refractivity contribution in [1.29, 1.82) is 0 Å². The number of H-pyrrole nitrogens is 2. The molecule has 0 saturated carbocycles. The molecule has 1 heterocycles. The van der Waals surface area contributed by atoms with E-state index in [1.54, 1.807) is 7.11 Å². The largest absolute Gasteiger partial charge is 0.496 e. The van der Waals surface area contributed by atoms with Crippen molar-refractivity contribution in [1.82, 2.24) is 9.97 Å². The van der Waals surface area contributed by atoms with Gasteiger partial charge < -0.3 is 14.7 Å². The van der Waals surface area contributed by atoms with E-state index in [0.717, 1.165) is 17.0 Å². The standard InChI is InChI=1S/C13H16N2OS/c1-8(2)9-4-5-10(12(6-9)16-3)11-7-14-13(17)15-11/h4-8H,1-3H3,(H2,14,15,17). The zero-order valence-electron chi connectivity index (χ0n) is 10.2. The Morgan fingerprint density at radius 1 is 1.29 bits per heavy atom. The van der Waals surface area contributed by atoms with Crippen LogP contribution in [0.2, 0.25) is 0 Å². The number of imidazole rings is 1. The lowest BCUT2D eigenvalue weighted by Gasteiger charge is -2.11. The van der Waals surface area contributed by atoms with Crippen molar-refractivity contribution in [3.05, 3.63) is 34.7 Å². The van der Waals surface area contributed by atoms with Crippen molar-refractivity contribution in [3.63, 3.8) is 0 Å². The topological polar surface area (TPSA) is 40.8 Å². The van der Waals surface area contributed by atoms with Gasteiger partial charge in [-0.05, 0) is 35.8 Å². The molecule has 0 bridgehead atoms. The van der Waals surface area contributed by atoms with Crippen molar-refractivity contribution in [3.8, 4) is 17.0 Å². The van der Waals surface area contributed by atoms with Gasteiger partial charge in [-0.3, -0.25) is 0 Å². The van der Waals surface area contributed by atoms with Crippen LogP contribution in [-0.4, -0.2) is 17.1 Å². The van der Waals surface area contributed by atoms with Crippen LogP contribution in [0, 0.1) is 4.77 Å². The predicted molar refractivity (Wildman–Crippen MR) is 72.1 cm³/mol. The van der Waals surface area contributed by atoms with Crippen molar-refractivity contribution in [2.24, 2.45) is 0 Å². The quantitative estimate of drug-likeness (QED) is 0.809. The molecule has 90 valence electrons. The number of benzene rings is 1. The Morgan fingerprint density at radius 2 is 2.06 bits per heavy atom. The highest BCUT2D eigenvalue weighted by atomic mass is 32.1. The Morgan fingerprint density at radius 3 is 2.59 bits per heavy atom. The lowest BCUT2D eigenvalue weighted by Crippen LogP contribution is -1.93. The van der Waals surface area contributed by atoms with Gasteiger partial charge in [-0.15, -0.1) is 0 Å². The fourth-order valence-electron chi connectivity index (χ4n) is 1.77. The van der Waals surface area contributed by atoms with Crippen LogP contribution in [0.4, 0.5) is 0 Å². The van der Waals surface area contributed by atoms with Crippen LogP contribution in [-0.2, 0) is 0 Å². The summed E-state index contributed by atoms with van der Waals surface area (Å²) < 4.78 is 6.05. The van der Waals surface area contributed by atoms with Crippen molar-refractivity contribution >= 4 is 12.2 Å². The molecule has 0 aliphatic rings. The molecule has 3 nitrogen and oxygen atoms in total. The minimum Gasteiger partial charge on any atom is -0.496 e. The van der Waals surface area contributed by atoms with Gasteiger partial charge in [0, 0.05) is 11.8 Å². The van der Waals surface area contributed by atoms with E-state index < -0.39 is 0 Å². The third kappa shape index (κ3) is 2.42. The van der Waals surface area contributed by atoms with Crippen LogP contribution in [0.1, 0.15) is 25.3 Å². The summed E-state index contributed by atoms with van der Waals surface area (Å²) in [5.41, 5.74) is 3.23. The monoisotopic (exact) mass is 248 g/mol. The third-order valence-electron chi connectivity index (χ3n) is 2.78. The molecule has 0 radical (unpaired) electrons. The molecule has 2 aromatic rings. The number of methoxy groups -OCH3 is 1. The second-order valence-electron chi connectivity index (χ2n) is 4.27. The summed E-state index contributed by atoms with van der Waals surface area (Å²) in [6.07, 6.45) is 1.86. The maximum atomic E-state index is 5.43. The molecule has 0 aliphatic carbocycles. The van der Waals surface area contributed by atoms with Crippen LogP contribution in [0.15, 0.2) is 24.4 Å². The summed E-state index contributed by atoms with van der Waals surface area (Å²) >= 11 is 5.03. The minimum absolute atomic E-state index is 0.489. The molecule has 0 amide bonds. The Balaban J connectivity index is 2.51. The highest BCUT2D eigenvalue weighted by Gasteiger charge is 2.09. The molecule has 0 spiro atoms. The normalized spacial score (nSPS) is 10.8. The number of rotatable bonds is 3. The molecule has 0 aliphatic heterocycles. The molecule has 0 atom stereocenters. The number of aromatic amines is 2. The van der Waals surface area contributed by atoms with Crippen LogP contribution < -0.4 is 4.74 Å². The first-order chi connectivity index (χ1) is 8.11. The average Bonchev–Trinajstić information content (AvgIpc) is 2.74. The molecule has 0 fully saturated rings. The lowest BCUT2D eigenvalue weighted by molar-refractivity contribution is 0.415. The number of aromatic nitrogens is 2. The first kappa shape index (κ1) is 11.9. The zero-order valence-corrected chi connectivity index (χ0v) is 11.0. The molecule has 4 heteroatoms. The summed E-state index contributed by atoms with van der Waals surface area (Å²) in [6, 6.07) is 6.25. The summed E-state index contributed by atoms with van der Waals surface area (Å²) in [5, 5.41) is 0. The van der Waals surface area contributed by atoms with Gasteiger partial charge in [0.25, 0.3) is 0 Å². The fraction of sp³-hybridized carbons (Fsp3) is 0.308. The van der Waals surface area contributed by atoms with Gasteiger partial charge in [0.15, 0.2) is 4.77 Å². The van der Waals surface area contributed by atoms with Crippen LogP contribution in [0.3, 0.4) is 0 Å². The lowest BCUT2D eigenvalue weighted by atomic mass is 10.00. The van der Waals surface area contributed by atoms with E-state index in [1.807, 2.05) is 6.20 Å². The number of ether oxygens (including phenoxy) is 1. The molecule has 2 rings (SSSR count). The second-order valence-corrected chi connectivity index (χ2v) is 4.68. The summed E-state index contributed by atoms with van der Waals surface area (Å²) in [4.78, 5) is 6.05. The third-order valence-corrected chi connectivity index (χ3v) is 3.00. The van der Waals surface area contributed by atoms with Gasteiger partial charge in [-0.25, -0.2) is 0 Å². The maximum Gasteiger partial charge on any atom is 0.174 e. The molecule has 1 aromatic heterocycles. The zero-order chi connectivity index (χ0) is 12.4. The predicted octanol–water partition coefficient (Wildman–Crippen LogP) is 3.87. The number of hydrogen-bond acceptors (Lipinski definition) is 2. The Hall–Kier alpha value is -1.55. The van der Waals surface area contributed by atoms with Crippen LogP contribution in [0.5, 0.6) is 5.75 Å². The Labute approximate surface area is 106 Å². The van der Waals surface area contributed by atoms with Gasteiger partial charge in [-0.2, -0.15) is 0 Å². The highest BCUT2D eigenvalue weighted by Crippen LogP contribution is 2.31. The van der Waals surface area contributed by atoms with Crippen LogP contribution in [0.25, 0.3) is 11.3 Å². The summed E-state index contributed by atoms with van der Waals surface area (Å²) in [5.74, 6) is 1.35. The minimum atomic E-state index is 0.489. The molecule has 1 aromatic carbocycles. The number of hydrogen-bond donors (Lipinski definition) is 2. The fourth-order valence-corrected chi connectivity index (χ4v) is 1.94. The highest BCUT2D eigenvalue weighted by molar-refractivity contribution is 7.71. The van der Waals surface area contributed by atoms with Gasteiger partial charge in [0.05, 0.1) is 12.8 Å². The maximum absolute atomic E-state index is 5.43. The molecule has 17 heavy (non-hydrogen) atoms. The van der Waals surface area contributed by atoms with E-state index in [-0.39, 0.29) is 0 Å². The van der Waals surface area contributed by atoms with Gasteiger partial charge in [0.2, 0.25) is 0 Å². The van der Waals surface area contributed by atoms with Gasteiger partial charge in [-0.1, -0.05) is 19.9 Å². The molecule has 2 N–H and O–H groups in total. The Kier molecular flexibility index (Phi) is 3.33. The van der Waals surface area contributed by atoms with E-state index in [1.165, 1.54) is 5.56 Å². The van der Waals surface area contributed by atoms with Gasteiger partial charge >= 0.3 is 0 Å². The summed E-state index contributed by atoms with van der Waals surface area (Å²) in [7, 11) is 1.68. The SMILES string of the molecule is COc1cc(C(C)C)ccc1-c1c[nH]c(=S)[nH]1.